The van der Waals surface area contributed by atoms with Crippen LogP contribution in [0.5, 0.6) is 0 Å². The predicted molar refractivity (Wildman–Crippen MR) is 121 cm³/mol. The summed E-state index contributed by atoms with van der Waals surface area (Å²) in [5.41, 5.74) is 0. The molecule has 0 aliphatic heterocycles. The smallest absolute Gasteiger partial charge is 0.112 e. The highest BCUT2D eigenvalue weighted by molar-refractivity contribution is 5.03. The fourth-order valence-electron chi connectivity index (χ4n) is 4.24. The molecule has 0 aliphatic carbocycles. The van der Waals surface area contributed by atoms with E-state index in [0.717, 1.165) is 0 Å². The van der Waals surface area contributed by atoms with Crippen LogP contribution in [0.2, 0.25) is 0 Å². The summed E-state index contributed by atoms with van der Waals surface area (Å²) in [6, 6.07) is 0.580. The van der Waals surface area contributed by atoms with Crippen LogP contribution in [0.25, 0.3) is 0 Å². The average molecular weight is 377 g/mol. The lowest BCUT2D eigenvalue weighted by Crippen LogP contribution is -2.16. The first-order chi connectivity index (χ1) is 13.1. The van der Waals surface area contributed by atoms with Crippen molar-refractivity contribution in [2.75, 3.05) is 0 Å². The SMILES string of the molecule is CCCCCCCCCCCCC(c1nccn1C(C)CCCC)C(C)C. The third-order valence-corrected chi connectivity index (χ3v) is 6.15. The van der Waals surface area contributed by atoms with E-state index in [9.17, 15) is 0 Å². The first-order valence-electron chi connectivity index (χ1n) is 12.1. The van der Waals surface area contributed by atoms with Crippen molar-refractivity contribution in [1.29, 1.82) is 0 Å². The summed E-state index contributed by atoms with van der Waals surface area (Å²) in [7, 11) is 0. The molecule has 0 saturated heterocycles. The molecule has 0 saturated carbocycles. The Morgan fingerprint density at radius 1 is 0.741 bits per heavy atom. The molecule has 1 rings (SSSR count). The number of hydrogen-bond donors (Lipinski definition) is 0. The average Bonchev–Trinajstić information content (AvgIpc) is 3.13. The van der Waals surface area contributed by atoms with Crippen LogP contribution in [0.15, 0.2) is 12.4 Å². The molecule has 2 heteroatoms. The molecule has 2 nitrogen and oxygen atoms in total. The monoisotopic (exact) mass is 376 g/mol. The van der Waals surface area contributed by atoms with Crippen molar-refractivity contribution in [3.8, 4) is 0 Å². The van der Waals surface area contributed by atoms with E-state index in [1.165, 1.54) is 95.7 Å². The minimum absolute atomic E-state index is 0.580. The second-order valence-electron chi connectivity index (χ2n) is 9.01. The molecule has 1 heterocycles. The molecule has 0 aliphatic rings. The Kier molecular flexibility index (Phi) is 13.6. The third-order valence-electron chi connectivity index (χ3n) is 6.15. The molecule has 158 valence electrons. The summed E-state index contributed by atoms with van der Waals surface area (Å²) in [4.78, 5) is 4.79. The van der Waals surface area contributed by atoms with Gasteiger partial charge in [0, 0.05) is 24.4 Å². The van der Waals surface area contributed by atoms with Gasteiger partial charge < -0.3 is 4.57 Å². The lowest BCUT2D eigenvalue weighted by molar-refractivity contribution is 0.384. The number of hydrogen-bond acceptors (Lipinski definition) is 1. The van der Waals surface area contributed by atoms with Gasteiger partial charge in [0.2, 0.25) is 0 Å². The second kappa shape index (κ2) is 15.2. The fourth-order valence-corrected chi connectivity index (χ4v) is 4.24. The van der Waals surface area contributed by atoms with Crippen molar-refractivity contribution in [2.24, 2.45) is 5.92 Å². The van der Waals surface area contributed by atoms with Crippen LogP contribution in [0.4, 0.5) is 0 Å². The zero-order valence-electron chi connectivity index (χ0n) is 19.2. The Hall–Kier alpha value is -0.790. The molecule has 0 radical (unpaired) electrons. The Bertz CT molecular complexity index is 449. The highest BCUT2D eigenvalue weighted by atomic mass is 15.1. The Morgan fingerprint density at radius 2 is 1.30 bits per heavy atom. The van der Waals surface area contributed by atoms with Crippen molar-refractivity contribution in [1.82, 2.24) is 9.55 Å². The Morgan fingerprint density at radius 3 is 1.85 bits per heavy atom. The zero-order valence-corrected chi connectivity index (χ0v) is 19.2. The van der Waals surface area contributed by atoms with E-state index >= 15 is 0 Å². The van der Waals surface area contributed by atoms with Gasteiger partial charge in [0.05, 0.1) is 0 Å². The van der Waals surface area contributed by atoms with Crippen molar-refractivity contribution in [3.63, 3.8) is 0 Å². The summed E-state index contributed by atoms with van der Waals surface area (Å²) in [6.45, 7) is 11.7. The van der Waals surface area contributed by atoms with Crippen molar-refractivity contribution in [3.05, 3.63) is 18.2 Å². The topological polar surface area (TPSA) is 17.8 Å². The lowest BCUT2D eigenvalue weighted by Gasteiger charge is -2.24. The number of rotatable bonds is 17. The van der Waals surface area contributed by atoms with Crippen LogP contribution in [0.1, 0.15) is 142 Å². The molecule has 2 atom stereocenters. The van der Waals surface area contributed by atoms with Crippen LogP contribution in [-0.4, -0.2) is 9.55 Å². The van der Waals surface area contributed by atoms with Gasteiger partial charge in [-0.3, -0.25) is 0 Å². The van der Waals surface area contributed by atoms with Gasteiger partial charge in [0.1, 0.15) is 5.82 Å². The highest BCUT2D eigenvalue weighted by Crippen LogP contribution is 2.31. The van der Waals surface area contributed by atoms with Gasteiger partial charge >= 0.3 is 0 Å². The van der Waals surface area contributed by atoms with Gasteiger partial charge in [-0.1, -0.05) is 105 Å². The number of aromatic nitrogens is 2. The molecular formula is C25H48N2. The molecule has 0 aromatic carbocycles. The highest BCUT2D eigenvalue weighted by Gasteiger charge is 2.22. The maximum atomic E-state index is 4.79. The van der Waals surface area contributed by atoms with Crippen molar-refractivity contribution >= 4 is 0 Å². The summed E-state index contributed by atoms with van der Waals surface area (Å²) in [6.07, 6.45) is 23.5. The first-order valence-corrected chi connectivity index (χ1v) is 12.1. The molecule has 2 unspecified atom stereocenters. The maximum Gasteiger partial charge on any atom is 0.112 e. The summed E-state index contributed by atoms with van der Waals surface area (Å²) in [5, 5.41) is 0. The third kappa shape index (κ3) is 9.81. The van der Waals surface area contributed by atoms with Gasteiger partial charge in [-0.15, -0.1) is 0 Å². The number of unbranched alkanes of at least 4 members (excludes halogenated alkanes) is 10. The van der Waals surface area contributed by atoms with Crippen LogP contribution >= 0.6 is 0 Å². The van der Waals surface area contributed by atoms with Gasteiger partial charge in [-0.2, -0.15) is 0 Å². The van der Waals surface area contributed by atoms with E-state index < -0.39 is 0 Å². The van der Waals surface area contributed by atoms with E-state index in [-0.39, 0.29) is 0 Å². The Labute approximate surface area is 170 Å². The molecule has 0 fully saturated rings. The fraction of sp³-hybridized carbons (Fsp3) is 0.880. The minimum Gasteiger partial charge on any atom is -0.332 e. The standard InChI is InChI=1S/C25H48N2/c1-6-8-10-11-12-13-14-15-16-17-19-24(22(3)4)25-26-20-21-27(25)23(5)18-9-7-2/h20-24H,6-19H2,1-5H3. The van der Waals surface area contributed by atoms with Crippen molar-refractivity contribution < 1.29 is 0 Å². The largest absolute Gasteiger partial charge is 0.332 e. The van der Waals surface area contributed by atoms with Gasteiger partial charge in [-0.25, -0.2) is 4.98 Å². The lowest BCUT2D eigenvalue weighted by atomic mass is 9.89. The normalized spacial score (nSPS) is 14.0. The molecule has 1 aromatic heterocycles. The van der Waals surface area contributed by atoms with E-state index in [2.05, 4.69) is 45.4 Å². The van der Waals surface area contributed by atoms with Gasteiger partial charge in [-0.05, 0) is 25.7 Å². The van der Waals surface area contributed by atoms with E-state index in [1.807, 2.05) is 6.20 Å². The molecule has 0 bridgehead atoms. The van der Waals surface area contributed by atoms with Gasteiger partial charge in [0.15, 0.2) is 0 Å². The zero-order chi connectivity index (χ0) is 19.9. The van der Waals surface area contributed by atoms with Gasteiger partial charge in [0.25, 0.3) is 0 Å². The minimum atomic E-state index is 0.580. The number of imidazole rings is 1. The van der Waals surface area contributed by atoms with Crippen LogP contribution in [0.3, 0.4) is 0 Å². The molecule has 0 spiro atoms. The molecule has 0 N–H and O–H groups in total. The molecular weight excluding hydrogens is 328 g/mol. The first kappa shape index (κ1) is 24.2. The second-order valence-corrected chi connectivity index (χ2v) is 9.01. The Balaban J connectivity index is 2.34. The summed E-state index contributed by atoms with van der Waals surface area (Å²) < 4.78 is 2.47. The van der Waals surface area contributed by atoms with Crippen molar-refractivity contribution in [2.45, 2.75) is 136 Å². The molecule has 1 aromatic rings. The van der Waals surface area contributed by atoms with Crippen LogP contribution in [-0.2, 0) is 0 Å². The van der Waals surface area contributed by atoms with E-state index in [1.54, 1.807) is 0 Å². The quantitative estimate of drug-likeness (QED) is 0.249. The van der Waals surface area contributed by atoms with Crippen LogP contribution in [0, 0.1) is 5.92 Å². The summed E-state index contributed by atoms with van der Waals surface area (Å²) >= 11 is 0. The number of nitrogens with zero attached hydrogens (tertiary/aromatic N) is 2. The predicted octanol–water partition coefficient (Wildman–Crippen LogP) is 8.68. The molecule has 0 amide bonds. The summed E-state index contributed by atoms with van der Waals surface area (Å²) in [5.74, 6) is 2.62. The van der Waals surface area contributed by atoms with E-state index in [0.29, 0.717) is 17.9 Å². The van der Waals surface area contributed by atoms with E-state index in [4.69, 9.17) is 4.98 Å². The van der Waals surface area contributed by atoms with Crippen LogP contribution < -0.4 is 0 Å². The molecule has 27 heavy (non-hydrogen) atoms. The maximum absolute atomic E-state index is 4.79.